The summed E-state index contributed by atoms with van der Waals surface area (Å²) in [4.78, 5) is 16.8. The number of hydrogen-bond donors (Lipinski definition) is 1. The maximum absolute atomic E-state index is 12.4. The van der Waals surface area contributed by atoms with Gasteiger partial charge in [-0.3, -0.25) is 14.5 Å². The largest absolute Gasteiger partial charge is 0.495 e. The highest BCUT2D eigenvalue weighted by atomic mass is 35.5. The number of pyridine rings is 1. The third-order valence-corrected chi connectivity index (χ3v) is 5.68. The summed E-state index contributed by atoms with van der Waals surface area (Å²) >= 11 is 6.18. The van der Waals surface area contributed by atoms with Gasteiger partial charge in [0.2, 0.25) is 5.88 Å². The highest BCUT2D eigenvalue weighted by molar-refractivity contribution is 6.30. The van der Waals surface area contributed by atoms with Crippen molar-refractivity contribution in [3.63, 3.8) is 0 Å². The fourth-order valence-corrected chi connectivity index (χ4v) is 3.43. The smallest absolute Gasteiger partial charge is 0.290 e. The molecule has 1 aliphatic carbocycles. The Labute approximate surface area is 178 Å². The predicted octanol–water partition coefficient (Wildman–Crippen LogP) is 2.37. The van der Waals surface area contributed by atoms with Crippen LogP contribution in [0.3, 0.4) is 0 Å². The lowest BCUT2D eigenvalue weighted by molar-refractivity contribution is 0.278. The molecule has 0 aliphatic heterocycles. The highest BCUT2D eigenvalue weighted by Crippen LogP contribution is 2.46. The van der Waals surface area contributed by atoms with E-state index in [1.807, 2.05) is 12.1 Å². The van der Waals surface area contributed by atoms with Crippen LogP contribution in [-0.4, -0.2) is 38.3 Å². The normalized spacial score (nSPS) is 17.6. The second-order valence-electron chi connectivity index (χ2n) is 7.30. The number of anilines is 1. The molecule has 0 saturated heterocycles. The topological polar surface area (TPSA) is 96.1 Å². The van der Waals surface area contributed by atoms with Gasteiger partial charge in [0.1, 0.15) is 16.6 Å². The number of ether oxygens (including phenoxy) is 2. The number of aromatic nitrogens is 5. The number of halogens is 1. The molecule has 10 heteroatoms. The van der Waals surface area contributed by atoms with Gasteiger partial charge in [-0.1, -0.05) is 11.6 Å². The molecule has 3 heterocycles. The molecule has 4 rings (SSSR count). The van der Waals surface area contributed by atoms with Gasteiger partial charge in [0, 0.05) is 49.8 Å². The molecular weight excluding hydrogens is 408 g/mol. The lowest BCUT2D eigenvalue weighted by atomic mass is 10.2. The first-order valence-corrected chi connectivity index (χ1v) is 9.95. The summed E-state index contributed by atoms with van der Waals surface area (Å²) < 4.78 is 13.9. The molecule has 9 nitrogen and oxygen atoms in total. The molecule has 1 aliphatic rings. The second-order valence-corrected chi connectivity index (χ2v) is 7.66. The lowest BCUT2D eigenvalue weighted by Gasteiger charge is -2.10. The van der Waals surface area contributed by atoms with Crippen molar-refractivity contribution in [3.8, 4) is 11.6 Å². The van der Waals surface area contributed by atoms with E-state index in [2.05, 4.69) is 20.5 Å². The third-order valence-electron chi connectivity index (χ3n) is 5.19. The number of hydrogen-bond acceptors (Lipinski definition) is 7. The zero-order valence-electron chi connectivity index (χ0n) is 17.0. The molecule has 1 saturated carbocycles. The number of methoxy groups -OCH3 is 1. The van der Waals surface area contributed by atoms with E-state index in [1.165, 1.54) is 4.68 Å². The van der Waals surface area contributed by atoms with Crippen molar-refractivity contribution in [1.29, 1.82) is 0 Å². The number of nitrogens with one attached hydrogen (secondary N) is 1. The minimum atomic E-state index is -0.242. The van der Waals surface area contributed by atoms with Crippen molar-refractivity contribution in [2.75, 3.05) is 19.0 Å². The van der Waals surface area contributed by atoms with Crippen molar-refractivity contribution in [1.82, 2.24) is 24.5 Å². The molecule has 0 radical (unpaired) electrons. The van der Waals surface area contributed by atoms with Crippen LogP contribution in [0.5, 0.6) is 11.6 Å². The van der Waals surface area contributed by atoms with Gasteiger partial charge in [-0.15, -0.1) is 5.10 Å². The first-order valence-electron chi connectivity index (χ1n) is 9.57. The van der Waals surface area contributed by atoms with Crippen LogP contribution in [-0.2, 0) is 20.6 Å². The van der Waals surface area contributed by atoms with Crippen molar-refractivity contribution >= 4 is 17.3 Å². The molecule has 1 N–H and O–H groups in total. The summed E-state index contributed by atoms with van der Waals surface area (Å²) in [5, 5.41) is 11.9. The molecule has 30 heavy (non-hydrogen) atoms. The summed E-state index contributed by atoms with van der Waals surface area (Å²) in [6.45, 7) is 0.886. The highest BCUT2D eigenvalue weighted by Gasteiger charge is 2.40. The zero-order chi connectivity index (χ0) is 21.3. The summed E-state index contributed by atoms with van der Waals surface area (Å²) in [7, 11) is 4.98. The van der Waals surface area contributed by atoms with Crippen molar-refractivity contribution in [2.24, 2.45) is 20.0 Å². The van der Waals surface area contributed by atoms with Crippen molar-refractivity contribution in [2.45, 2.75) is 18.9 Å². The van der Waals surface area contributed by atoms with E-state index < -0.39 is 0 Å². The van der Waals surface area contributed by atoms with Crippen LogP contribution in [0.4, 0.5) is 5.69 Å². The van der Waals surface area contributed by atoms with Gasteiger partial charge in [0.05, 0.1) is 26.1 Å². The van der Waals surface area contributed by atoms with Gasteiger partial charge in [0.15, 0.2) is 0 Å². The van der Waals surface area contributed by atoms with E-state index in [0.717, 1.165) is 23.4 Å². The fraction of sp³-hybridized carbons (Fsp3) is 0.400. The Balaban J connectivity index is 1.37. The monoisotopic (exact) mass is 430 g/mol. The second kappa shape index (κ2) is 8.35. The van der Waals surface area contributed by atoms with Gasteiger partial charge in [-0.2, -0.15) is 5.10 Å². The van der Waals surface area contributed by atoms with Gasteiger partial charge >= 0.3 is 0 Å². The van der Waals surface area contributed by atoms with Crippen LogP contribution in [0.1, 0.15) is 23.6 Å². The molecule has 3 aromatic rings. The average Bonchev–Trinajstić information content (AvgIpc) is 3.47. The SMILES string of the molecule is COc1ccc(C2CC2COc2cc(NCc3cnn(C)c3Cl)c(=O)n(C)n2)nc1. The molecule has 0 bridgehead atoms. The van der Waals surface area contributed by atoms with Gasteiger partial charge < -0.3 is 14.8 Å². The van der Waals surface area contributed by atoms with E-state index in [-0.39, 0.29) is 5.56 Å². The van der Waals surface area contributed by atoms with Crippen LogP contribution in [0.15, 0.2) is 35.4 Å². The molecule has 3 aromatic heterocycles. The minimum absolute atomic E-state index is 0.242. The minimum Gasteiger partial charge on any atom is -0.495 e. The standard InChI is InChI=1S/C20H23ClN6O3/c1-26-19(21)13(9-24-26)8-22-17-7-18(25-27(2)20(17)28)30-11-12-6-15(12)16-5-4-14(29-3)10-23-16/h4-5,7,9-10,12,15,22H,6,8,11H2,1-3H3. The van der Waals surface area contributed by atoms with Crippen LogP contribution in [0, 0.1) is 5.92 Å². The molecule has 158 valence electrons. The zero-order valence-corrected chi connectivity index (χ0v) is 17.8. The first-order chi connectivity index (χ1) is 14.5. The lowest BCUT2D eigenvalue weighted by Crippen LogP contribution is -2.24. The Kier molecular flexibility index (Phi) is 5.63. The third kappa shape index (κ3) is 4.25. The predicted molar refractivity (Wildman–Crippen MR) is 112 cm³/mol. The summed E-state index contributed by atoms with van der Waals surface area (Å²) in [5.41, 5.74) is 1.99. The van der Waals surface area contributed by atoms with Gasteiger partial charge in [-0.25, -0.2) is 4.68 Å². The Morgan fingerprint density at radius 1 is 1.27 bits per heavy atom. The van der Waals surface area contributed by atoms with Crippen molar-refractivity contribution in [3.05, 3.63) is 57.4 Å². The van der Waals surface area contributed by atoms with Crippen LogP contribution >= 0.6 is 11.6 Å². The summed E-state index contributed by atoms with van der Waals surface area (Å²) in [6, 6.07) is 5.52. The number of aryl methyl sites for hydroxylation is 2. The Morgan fingerprint density at radius 3 is 2.77 bits per heavy atom. The summed E-state index contributed by atoms with van der Waals surface area (Å²) in [5.74, 6) is 1.88. The van der Waals surface area contributed by atoms with Crippen LogP contribution < -0.4 is 20.3 Å². The molecule has 0 amide bonds. The van der Waals surface area contributed by atoms with E-state index >= 15 is 0 Å². The Hall–Kier alpha value is -3.07. The number of nitrogens with zero attached hydrogens (tertiary/aromatic N) is 5. The van der Waals surface area contributed by atoms with Crippen LogP contribution in [0.2, 0.25) is 5.15 Å². The number of rotatable bonds is 8. The molecular formula is C20H23ClN6O3. The first kappa shape index (κ1) is 20.2. The van der Waals surface area contributed by atoms with Gasteiger partial charge in [0.25, 0.3) is 5.56 Å². The van der Waals surface area contributed by atoms with Crippen molar-refractivity contribution < 1.29 is 9.47 Å². The quantitative estimate of drug-likeness (QED) is 0.586. The Bertz CT molecular complexity index is 1090. The molecule has 2 atom stereocenters. The van der Waals surface area contributed by atoms with E-state index in [0.29, 0.717) is 41.7 Å². The van der Waals surface area contributed by atoms with Gasteiger partial charge in [-0.05, 0) is 18.6 Å². The molecule has 0 aromatic carbocycles. The maximum Gasteiger partial charge on any atom is 0.290 e. The molecule has 2 unspecified atom stereocenters. The molecule has 1 fully saturated rings. The molecule has 0 spiro atoms. The van der Waals surface area contributed by atoms with E-state index in [9.17, 15) is 4.79 Å². The van der Waals surface area contributed by atoms with Crippen LogP contribution in [0.25, 0.3) is 0 Å². The average molecular weight is 431 g/mol. The maximum atomic E-state index is 12.4. The van der Waals surface area contributed by atoms with E-state index in [1.54, 1.807) is 44.3 Å². The Morgan fingerprint density at radius 2 is 2.10 bits per heavy atom. The summed E-state index contributed by atoms with van der Waals surface area (Å²) in [6.07, 6.45) is 4.40. The fourth-order valence-electron chi connectivity index (χ4n) is 3.27. The van der Waals surface area contributed by atoms with E-state index in [4.69, 9.17) is 21.1 Å².